The number of halogens is 1. The van der Waals surface area contributed by atoms with E-state index >= 15 is 0 Å². The molecule has 0 aromatic heterocycles. The molecule has 112 valence electrons. The highest BCUT2D eigenvalue weighted by atomic mass is 35.5. The molecule has 0 aromatic rings. The predicted octanol–water partition coefficient (Wildman–Crippen LogP) is -0.574. The lowest BCUT2D eigenvalue weighted by molar-refractivity contribution is -0.134. The van der Waals surface area contributed by atoms with Crippen LogP contribution in [0.5, 0.6) is 0 Å². The highest BCUT2D eigenvalue weighted by Gasteiger charge is 2.25. The van der Waals surface area contributed by atoms with Crippen LogP contribution < -0.4 is 11.1 Å². The van der Waals surface area contributed by atoms with Gasteiger partial charge in [0.2, 0.25) is 11.8 Å². The quantitative estimate of drug-likeness (QED) is 0.711. The minimum Gasteiger partial charge on any atom is -0.358 e. The number of nitrogens with one attached hydrogen (secondary N) is 1. The van der Waals surface area contributed by atoms with Gasteiger partial charge in [-0.1, -0.05) is 13.3 Å². The maximum Gasteiger partial charge on any atom is 0.239 e. The maximum absolute atomic E-state index is 12.0. The molecule has 0 saturated carbocycles. The first-order valence-corrected chi connectivity index (χ1v) is 6.55. The zero-order chi connectivity index (χ0) is 13.5. The van der Waals surface area contributed by atoms with Crippen molar-refractivity contribution in [3.63, 3.8) is 0 Å². The Bertz CT molecular complexity index is 293. The molecule has 19 heavy (non-hydrogen) atoms. The van der Waals surface area contributed by atoms with Gasteiger partial charge in [-0.2, -0.15) is 0 Å². The average Bonchev–Trinajstić information content (AvgIpc) is 2.39. The molecule has 7 heteroatoms. The van der Waals surface area contributed by atoms with Crippen molar-refractivity contribution in [1.82, 2.24) is 15.1 Å². The number of likely N-dealkylation sites (N-methyl/N-ethyl adjacent to an activating group) is 1. The lowest BCUT2D eigenvalue weighted by Gasteiger charge is -2.35. The number of nitrogens with zero attached hydrogens (tertiary/aromatic N) is 2. The van der Waals surface area contributed by atoms with Crippen LogP contribution in [0.15, 0.2) is 0 Å². The Balaban J connectivity index is 0.00000324. The van der Waals surface area contributed by atoms with Gasteiger partial charge in [-0.05, 0) is 6.42 Å². The van der Waals surface area contributed by atoms with E-state index in [1.54, 1.807) is 11.9 Å². The van der Waals surface area contributed by atoms with Crippen molar-refractivity contribution >= 4 is 24.2 Å². The molecule has 1 aliphatic heterocycles. The molecule has 1 atom stereocenters. The molecule has 0 aromatic carbocycles. The first kappa shape index (κ1) is 18.1. The van der Waals surface area contributed by atoms with Crippen molar-refractivity contribution < 1.29 is 9.59 Å². The van der Waals surface area contributed by atoms with E-state index in [0.717, 1.165) is 25.9 Å². The first-order valence-electron chi connectivity index (χ1n) is 6.55. The lowest BCUT2D eigenvalue weighted by Crippen LogP contribution is -2.54. The van der Waals surface area contributed by atoms with Crippen LogP contribution in [0.1, 0.15) is 19.8 Å². The Morgan fingerprint density at radius 3 is 2.32 bits per heavy atom. The molecule has 0 radical (unpaired) electrons. The fraction of sp³-hybridized carbons (Fsp3) is 0.833. The molecule has 1 unspecified atom stereocenters. The van der Waals surface area contributed by atoms with Gasteiger partial charge in [0.15, 0.2) is 0 Å². The van der Waals surface area contributed by atoms with Crippen LogP contribution in [-0.2, 0) is 9.59 Å². The van der Waals surface area contributed by atoms with E-state index in [9.17, 15) is 9.59 Å². The third kappa shape index (κ3) is 5.76. The zero-order valence-electron chi connectivity index (χ0n) is 11.7. The molecule has 1 saturated heterocycles. The molecule has 1 aliphatic rings. The van der Waals surface area contributed by atoms with Crippen LogP contribution >= 0.6 is 12.4 Å². The smallest absolute Gasteiger partial charge is 0.239 e. The van der Waals surface area contributed by atoms with Crippen molar-refractivity contribution in [3.05, 3.63) is 0 Å². The number of carbonyl (C=O) groups excluding carboxylic acids is 2. The molecular formula is C12H25ClN4O2. The summed E-state index contributed by atoms with van der Waals surface area (Å²) < 4.78 is 0. The summed E-state index contributed by atoms with van der Waals surface area (Å²) in [4.78, 5) is 27.1. The van der Waals surface area contributed by atoms with E-state index in [1.165, 1.54) is 0 Å². The van der Waals surface area contributed by atoms with Gasteiger partial charge in [-0.15, -0.1) is 12.4 Å². The third-order valence-corrected chi connectivity index (χ3v) is 3.25. The summed E-state index contributed by atoms with van der Waals surface area (Å²) in [7, 11) is 1.63. The minimum atomic E-state index is -0.375. The first-order chi connectivity index (χ1) is 8.58. The molecule has 3 N–H and O–H groups in total. The van der Waals surface area contributed by atoms with Gasteiger partial charge >= 0.3 is 0 Å². The second-order valence-corrected chi connectivity index (χ2v) is 4.67. The number of hydrogen-bond acceptors (Lipinski definition) is 4. The standard InChI is InChI=1S/C12H24N4O2.ClH/c1-3-4-10(13)12(18)16-7-5-15(6-8-16)9-11(17)14-2;/h10H,3-9,13H2,1-2H3,(H,14,17);1H. The Hall–Kier alpha value is -0.850. The molecule has 1 fully saturated rings. The van der Waals surface area contributed by atoms with Crippen LogP contribution in [-0.4, -0.2) is 67.4 Å². The number of piperazine rings is 1. The van der Waals surface area contributed by atoms with Gasteiger partial charge in [-0.3, -0.25) is 14.5 Å². The largest absolute Gasteiger partial charge is 0.358 e. The van der Waals surface area contributed by atoms with Gasteiger partial charge in [0.25, 0.3) is 0 Å². The predicted molar refractivity (Wildman–Crippen MR) is 77.2 cm³/mol. The highest BCUT2D eigenvalue weighted by Crippen LogP contribution is 2.05. The van der Waals surface area contributed by atoms with Crippen molar-refractivity contribution in [2.75, 3.05) is 39.8 Å². The number of hydrogen-bond donors (Lipinski definition) is 2. The summed E-state index contributed by atoms with van der Waals surface area (Å²) in [6.45, 7) is 5.21. The molecule has 1 rings (SSSR count). The van der Waals surface area contributed by atoms with E-state index in [0.29, 0.717) is 19.6 Å². The van der Waals surface area contributed by atoms with Crippen LogP contribution in [0.25, 0.3) is 0 Å². The number of carbonyl (C=O) groups is 2. The van der Waals surface area contributed by atoms with E-state index in [2.05, 4.69) is 5.32 Å². The van der Waals surface area contributed by atoms with Crippen LogP contribution in [0.4, 0.5) is 0 Å². The van der Waals surface area contributed by atoms with E-state index in [1.807, 2.05) is 11.8 Å². The summed E-state index contributed by atoms with van der Waals surface area (Å²) in [6.07, 6.45) is 1.65. The van der Waals surface area contributed by atoms with Gasteiger partial charge in [0.1, 0.15) is 0 Å². The molecule has 0 spiro atoms. The fourth-order valence-electron chi connectivity index (χ4n) is 2.08. The van der Waals surface area contributed by atoms with E-state index in [4.69, 9.17) is 5.73 Å². The monoisotopic (exact) mass is 292 g/mol. The second kappa shape index (κ2) is 9.12. The minimum absolute atomic E-state index is 0. The summed E-state index contributed by atoms with van der Waals surface area (Å²) in [6, 6.07) is -0.375. The third-order valence-electron chi connectivity index (χ3n) is 3.25. The molecular weight excluding hydrogens is 268 g/mol. The fourth-order valence-corrected chi connectivity index (χ4v) is 2.08. The molecule has 1 heterocycles. The van der Waals surface area contributed by atoms with Gasteiger partial charge < -0.3 is 16.0 Å². The van der Waals surface area contributed by atoms with Crippen molar-refractivity contribution in [2.24, 2.45) is 5.73 Å². The Morgan fingerprint density at radius 2 is 1.84 bits per heavy atom. The summed E-state index contributed by atoms with van der Waals surface area (Å²) in [5.41, 5.74) is 5.83. The second-order valence-electron chi connectivity index (χ2n) is 4.67. The lowest BCUT2D eigenvalue weighted by atomic mass is 10.1. The molecule has 2 amide bonds. The maximum atomic E-state index is 12.0. The van der Waals surface area contributed by atoms with Crippen molar-refractivity contribution in [3.8, 4) is 0 Å². The molecule has 6 nitrogen and oxygen atoms in total. The molecule has 0 aliphatic carbocycles. The van der Waals surface area contributed by atoms with Gasteiger partial charge in [-0.25, -0.2) is 0 Å². The highest BCUT2D eigenvalue weighted by molar-refractivity contribution is 5.85. The zero-order valence-corrected chi connectivity index (χ0v) is 12.5. The summed E-state index contributed by atoms with van der Waals surface area (Å²) in [5, 5.41) is 2.60. The SMILES string of the molecule is CCCC(N)C(=O)N1CCN(CC(=O)NC)CC1.Cl. The van der Waals surface area contributed by atoms with Crippen LogP contribution in [0.2, 0.25) is 0 Å². The van der Waals surface area contributed by atoms with Crippen molar-refractivity contribution in [1.29, 1.82) is 0 Å². The summed E-state index contributed by atoms with van der Waals surface area (Å²) >= 11 is 0. The number of rotatable bonds is 5. The van der Waals surface area contributed by atoms with Crippen LogP contribution in [0, 0.1) is 0 Å². The number of amides is 2. The molecule has 0 bridgehead atoms. The Labute approximate surface area is 121 Å². The van der Waals surface area contributed by atoms with Gasteiger partial charge in [0.05, 0.1) is 12.6 Å². The van der Waals surface area contributed by atoms with Gasteiger partial charge in [0, 0.05) is 33.2 Å². The van der Waals surface area contributed by atoms with Crippen molar-refractivity contribution in [2.45, 2.75) is 25.8 Å². The van der Waals surface area contributed by atoms with Crippen LogP contribution in [0.3, 0.4) is 0 Å². The summed E-state index contributed by atoms with van der Waals surface area (Å²) in [5.74, 6) is 0.0499. The van der Waals surface area contributed by atoms with E-state index in [-0.39, 0.29) is 30.3 Å². The number of nitrogens with two attached hydrogens (primary N) is 1. The Kier molecular flexibility index (Phi) is 8.71. The van der Waals surface area contributed by atoms with E-state index < -0.39 is 0 Å². The Morgan fingerprint density at radius 1 is 1.26 bits per heavy atom. The topological polar surface area (TPSA) is 78.7 Å². The average molecular weight is 293 g/mol. The normalized spacial score (nSPS) is 17.5.